The first kappa shape index (κ1) is 16.2. The second-order valence-electron chi connectivity index (χ2n) is 5.47. The molecule has 0 aromatic heterocycles. The number of hydrogen-bond donors (Lipinski definition) is 1. The summed E-state index contributed by atoms with van der Waals surface area (Å²) in [5.41, 5.74) is 4.76. The molecular weight excluding hydrogens is 329 g/mol. The second kappa shape index (κ2) is 7.19. The molecule has 1 atom stereocenters. The monoisotopic (exact) mass is 349 g/mol. The first-order valence-corrected chi connectivity index (χ1v) is 8.07. The highest BCUT2D eigenvalue weighted by Gasteiger charge is 2.17. The van der Waals surface area contributed by atoms with Crippen LogP contribution >= 0.6 is 15.9 Å². The molecule has 0 amide bonds. The average Bonchev–Trinajstić information content (AvgIpc) is 2.40. The van der Waals surface area contributed by atoms with E-state index in [4.69, 9.17) is 0 Å². The Bertz CT molecular complexity index is 604. The standard InChI is InChI=1S/C18H21BrFN/c1-4-7-21-18(14-9-12(2)8-13(3)10-14)16-6-5-15(20)11-17(16)19/h5-6,8-11,18,21H,4,7H2,1-3H3. The van der Waals surface area contributed by atoms with Crippen LogP contribution in [0.4, 0.5) is 4.39 Å². The number of hydrogen-bond acceptors (Lipinski definition) is 1. The Kier molecular flexibility index (Phi) is 5.54. The largest absolute Gasteiger partial charge is 0.306 e. The summed E-state index contributed by atoms with van der Waals surface area (Å²) in [5.74, 6) is -0.222. The van der Waals surface area contributed by atoms with Gasteiger partial charge in [-0.3, -0.25) is 0 Å². The molecule has 0 saturated carbocycles. The van der Waals surface area contributed by atoms with E-state index in [1.54, 1.807) is 0 Å². The van der Waals surface area contributed by atoms with Crippen LogP contribution in [0.1, 0.15) is 41.6 Å². The molecule has 0 spiro atoms. The lowest BCUT2D eigenvalue weighted by Gasteiger charge is -2.22. The molecule has 0 saturated heterocycles. The van der Waals surface area contributed by atoms with Crippen LogP contribution in [0.25, 0.3) is 0 Å². The van der Waals surface area contributed by atoms with Crippen molar-refractivity contribution in [1.82, 2.24) is 5.32 Å². The Balaban J connectivity index is 2.46. The van der Waals surface area contributed by atoms with Crippen molar-refractivity contribution in [2.75, 3.05) is 6.54 Å². The fourth-order valence-electron chi connectivity index (χ4n) is 2.61. The van der Waals surface area contributed by atoms with Crippen LogP contribution in [-0.4, -0.2) is 6.54 Å². The summed E-state index contributed by atoms with van der Waals surface area (Å²) >= 11 is 3.49. The molecular formula is C18H21BrFN. The molecule has 21 heavy (non-hydrogen) atoms. The zero-order chi connectivity index (χ0) is 15.4. The number of nitrogens with one attached hydrogen (secondary N) is 1. The van der Waals surface area contributed by atoms with Crippen molar-refractivity contribution in [1.29, 1.82) is 0 Å². The van der Waals surface area contributed by atoms with Crippen LogP contribution < -0.4 is 5.32 Å². The van der Waals surface area contributed by atoms with Crippen LogP contribution in [0.3, 0.4) is 0 Å². The molecule has 0 bridgehead atoms. The van der Waals surface area contributed by atoms with Gasteiger partial charge in [0.05, 0.1) is 6.04 Å². The zero-order valence-electron chi connectivity index (χ0n) is 12.7. The van der Waals surface area contributed by atoms with Gasteiger partial charge in [-0.15, -0.1) is 0 Å². The van der Waals surface area contributed by atoms with Crippen LogP contribution in [0.2, 0.25) is 0 Å². The van der Waals surface area contributed by atoms with E-state index in [9.17, 15) is 4.39 Å². The molecule has 0 radical (unpaired) electrons. The Hall–Kier alpha value is -1.19. The first-order valence-electron chi connectivity index (χ1n) is 7.27. The maximum atomic E-state index is 13.3. The van der Waals surface area contributed by atoms with E-state index in [1.165, 1.54) is 28.8 Å². The summed E-state index contributed by atoms with van der Waals surface area (Å²) in [6.45, 7) is 7.27. The molecule has 1 N–H and O–H groups in total. The van der Waals surface area contributed by atoms with Gasteiger partial charge in [-0.25, -0.2) is 4.39 Å². The van der Waals surface area contributed by atoms with E-state index in [0.29, 0.717) is 0 Å². The highest BCUT2D eigenvalue weighted by Crippen LogP contribution is 2.30. The van der Waals surface area contributed by atoms with Crippen molar-refractivity contribution in [2.45, 2.75) is 33.2 Å². The SMILES string of the molecule is CCCNC(c1cc(C)cc(C)c1)c1ccc(F)cc1Br. The maximum absolute atomic E-state index is 13.3. The van der Waals surface area contributed by atoms with Crippen LogP contribution in [0.5, 0.6) is 0 Å². The quantitative estimate of drug-likeness (QED) is 0.772. The smallest absolute Gasteiger partial charge is 0.124 e. The normalized spacial score (nSPS) is 12.4. The molecule has 2 aromatic rings. The van der Waals surface area contributed by atoms with E-state index in [-0.39, 0.29) is 11.9 Å². The maximum Gasteiger partial charge on any atom is 0.124 e. The van der Waals surface area contributed by atoms with Gasteiger partial charge in [0, 0.05) is 4.47 Å². The third-order valence-corrected chi connectivity index (χ3v) is 4.14. The summed E-state index contributed by atoms with van der Waals surface area (Å²) in [7, 11) is 0. The molecule has 0 heterocycles. The molecule has 1 nitrogen and oxygen atoms in total. The highest BCUT2D eigenvalue weighted by atomic mass is 79.9. The lowest BCUT2D eigenvalue weighted by molar-refractivity contribution is 0.590. The molecule has 2 aromatic carbocycles. The van der Waals surface area contributed by atoms with Gasteiger partial charge in [-0.2, -0.15) is 0 Å². The van der Waals surface area contributed by atoms with Gasteiger partial charge in [0.15, 0.2) is 0 Å². The average molecular weight is 350 g/mol. The predicted octanol–water partition coefficient (Wildman–Crippen LogP) is 5.29. The lowest BCUT2D eigenvalue weighted by Crippen LogP contribution is -2.23. The summed E-state index contributed by atoms with van der Waals surface area (Å²) < 4.78 is 14.1. The van der Waals surface area contributed by atoms with Crippen molar-refractivity contribution in [3.63, 3.8) is 0 Å². The number of aryl methyl sites for hydroxylation is 2. The molecule has 3 heteroatoms. The fourth-order valence-corrected chi connectivity index (χ4v) is 3.19. The Labute approximate surface area is 134 Å². The molecule has 0 aliphatic carbocycles. The van der Waals surface area contributed by atoms with Gasteiger partial charge in [0.2, 0.25) is 0 Å². The van der Waals surface area contributed by atoms with Crippen molar-refractivity contribution >= 4 is 15.9 Å². The van der Waals surface area contributed by atoms with Crippen molar-refractivity contribution in [2.24, 2.45) is 0 Å². The van der Waals surface area contributed by atoms with Crippen molar-refractivity contribution in [3.8, 4) is 0 Å². The van der Waals surface area contributed by atoms with Gasteiger partial charge in [0.25, 0.3) is 0 Å². The van der Waals surface area contributed by atoms with Gasteiger partial charge >= 0.3 is 0 Å². The van der Waals surface area contributed by atoms with Gasteiger partial charge in [-0.05, 0) is 50.1 Å². The second-order valence-corrected chi connectivity index (χ2v) is 6.33. The summed E-state index contributed by atoms with van der Waals surface area (Å²) in [6, 6.07) is 11.5. The van der Waals surface area contributed by atoms with Gasteiger partial charge in [0.1, 0.15) is 5.82 Å². The topological polar surface area (TPSA) is 12.0 Å². The van der Waals surface area contributed by atoms with Crippen molar-refractivity contribution < 1.29 is 4.39 Å². The number of halogens is 2. The molecule has 0 fully saturated rings. The lowest BCUT2D eigenvalue weighted by atomic mass is 9.95. The van der Waals surface area contributed by atoms with E-state index in [2.05, 4.69) is 60.2 Å². The molecule has 0 aliphatic heterocycles. The van der Waals surface area contributed by atoms with E-state index >= 15 is 0 Å². The van der Waals surface area contributed by atoms with Crippen LogP contribution in [0, 0.1) is 19.7 Å². The first-order chi connectivity index (χ1) is 10.0. The predicted molar refractivity (Wildman–Crippen MR) is 90.2 cm³/mol. The van der Waals surface area contributed by atoms with Crippen molar-refractivity contribution in [3.05, 3.63) is 68.9 Å². The number of benzene rings is 2. The molecule has 112 valence electrons. The number of rotatable bonds is 5. The Morgan fingerprint density at radius 2 is 1.76 bits per heavy atom. The van der Waals surface area contributed by atoms with Gasteiger partial charge in [-0.1, -0.05) is 58.2 Å². The summed E-state index contributed by atoms with van der Waals surface area (Å²) in [6.07, 6.45) is 1.06. The van der Waals surface area contributed by atoms with Crippen LogP contribution in [-0.2, 0) is 0 Å². The van der Waals surface area contributed by atoms with Crippen LogP contribution in [0.15, 0.2) is 40.9 Å². The Morgan fingerprint density at radius 1 is 1.10 bits per heavy atom. The third-order valence-electron chi connectivity index (χ3n) is 3.45. The minimum Gasteiger partial charge on any atom is -0.306 e. The molecule has 1 unspecified atom stereocenters. The molecule has 2 rings (SSSR count). The minimum absolute atomic E-state index is 0.0681. The Morgan fingerprint density at radius 3 is 2.33 bits per heavy atom. The van der Waals surface area contributed by atoms with E-state index in [1.807, 2.05) is 6.07 Å². The minimum atomic E-state index is -0.222. The fraction of sp³-hybridized carbons (Fsp3) is 0.333. The van der Waals surface area contributed by atoms with Gasteiger partial charge < -0.3 is 5.32 Å². The molecule has 0 aliphatic rings. The summed E-state index contributed by atoms with van der Waals surface area (Å²) in [5, 5.41) is 3.56. The van der Waals surface area contributed by atoms with E-state index in [0.717, 1.165) is 23.0 Å². The zero-order valence-corrected chi connectivity index (χ0v) is 14.3. The summed E-state index contributed by atoms with van der Waals surface area (Å²) in [4.78, 5) is 0. The van der Waals surface area contributed by atoms with E-state index < -0.39 is 0 Å². The highest BCUT2D eigenvalue weighted by molar-refractivity contribution is 9.10. The third kappa shape index (κ3) is 4.14.